The Morgan fingerprint density at radius 2 is 1.62 bits per heavy atom. The van der Waals surface area contributed by atoms with Crippen molar-refractivity contribution in [3.8, 4) is 0 Å². The Labute approximate surface area is 131 Å². The lowest BCUT2D eigenvalue weighted by molar-refractivity contribution is 0.566. The van der Waals surface area contributed by atoms with Gasteiger partial charge < -0.3 is 0 Å². The predicted octanol–water partition coefficient (Wildman–Crippen LogP) is 3.83. The van der Waals surface area contributed by atoms with Gasteiger partial charge in [0.05, 0.1) is 5.75 Å². The molecule has 0 radical (unpaired) electrons. The summed E-state index contributed by atoms with van der Waals surface area (Å²) in [5.41, 5.74) is 2.80. The monoisotopic (exact) mass is 323 g/mol. The molecule has 21 heavy (non-hydrogen) atoms. The van der Waals surface area contributed by atoms with Crippen molar-refractivity contribution < 1.29 is 8.42 Å². The average molecular weight is 324 g/mol. The van der Waals surface area contributed by atoms with E-state index in [-0.39, 0.29) is 11.8 Å². The van der Waals surface area contributed by atoms with Gasteiger partial charge in [-0.25, -0.2) is 13.1 Å². The Kier molecular flexibility index (Phi) is 5.04. The first-order valence-electron chi connectivity index (χ1n) is 6.67. The molecule has 0 saturated heterocycles. The van der Waals surface area contributed by atoms with Crippen LogP contribution in [0.4, 0.5) is 0 Å². The van der Waals surface area contributed by atoms with E-state index in [1.54, 1.807) is 24.3 Å². The first-order valence-corrected chi connectivity index (χ1v) is 8.70. The largest absolute Gasteiger partial charge is 0.216 e. The van der Waals surface area contributed by atoms with Gasteiger partial charge in [-0.05, 0) is 37.1 Å². The summed E-state index contributed by atoms with van der Waals surface area (Å²) < 4.78 is 27.1. The number of halogens is 1. The van der Waals surface area contributed by atoms with Crippen LogP contribution in [-0.2, 0) is 15.8 Å². The van der Waals surface area contributed by atoms with Crippen LogP contribution >= 0.6 is 11.6 Å². The second kappa shape index (κ2) is 6.60. The molecule has 0 aromatic heterocycles. The van der Waals surface area contributed by atoms with E-state index in [0.29, 0.717) is 10.6 Å². The molecule has 1 N–H and O–H groups in total. The SMILES string of the molecule is Cc1ccc(C(C)NS(=O)(=O)Cc2ccc(Cl)cc2)cc1. The van der Waals surface area contributed by atoms with Crippen LogP contribution in [0.1, 0.15) is 29.7 Å². The fourth-order valence-corrected chi connectivity index (χ4v) is 3.55. The summed E-state index contributed by atoms with van der Waals surface area (Å²) in [5.74, 6) is -0.0552. The lowest BCUT2D eigenvalue weighted by atomic mass is 10.1. The third-order valence-electron chi connectivity index (χ3n) is 3.20. The van der Waals surface area contributed by atoms with Gasteiger partial charge in [0.2, 0.25) is 10.0 Å². The highest BCUT2D eigenvalue weighted by Crippen LogP contribution is 2.16. The van der Waals surface area contributed by atoms with Crippen molar-refractivity contribution in [2.24, 2.45) is 0 Å². The normalized spacial score (nSPS) is 13.1. The third kappa shape index (κ3) is 4.84. The molecular formula is C16H18ClNO2S. The van der Waals surface area contributed by atoms with E-state index in [9.17, 15) is 8.42 Å². The quantitative estimate of drug-likeness (QED) is 0.909. The highest BCUT2D eigenvalue weighted by atomic mass is 35.5. The van der Waals surface area contributed by atoms with Gasteiger partial charge in [0.1, 0.15) is 0 Å². The van der Waals surface area contributed by atoms with Gasteiger partial charge in [0.15, 0.2) is 0 Å². The predicted molar refractivity (Wildman–Crippen MR) is 86.8 cm³/mol. The van der Waals surface area contributed by atoms with Crippen LogP contribution < -0.4 is 4.72 Å². The Morgan fingerprint density at radius 3 is 2.19 bits per heavy atom. The molecule has 0 aliphatic rings. The summed E-state index contributed by atoms with van der Waals surface area (Å²) >= 11 is 5.79. The number of aryl methyl sites for hydroxylation is 1. The Hall–Kier alpha value is -1.36. The van der Waals surface area contributed by atoms with Crippen LogP contribution in [0.5, 0.6) is 0 Å². The van der Waals surface area contributed by atoms with E-state index in [1.807, 2.05) is 38.1 Å². The molecule has 2 rings (SSSR count). The minimum atomic E-state index is -3.40. The number of nitrogens with one attached hydrogen (secondary N) is 1. The summed E-state index contributed by atoms with van der Waals surface area (Å²) in [6, 6.07) is 14.4. The maximum absolute atomic E-state index is 12.2. The fraction of sp³-hybridized carbons (Fsp3) is 0.250. The molecule has 1 unspecified atom stereocenters. The molecule has 1 atom stereocenters. The van der Waals surface area contributed by atoms with Gasteiger partial charge in [-0.1, -0.05) is 53.6 Å². The zero-order chi connectivity index (χ0) is 15.5. The molecule has 0 heterocycles. The Bertz CT molecular complexity index is 694. The van der Waals surface area contributed by atoms with Gasteiger partial charge >= 0.3 is 0 Å². The second-order valence-electron chi connectivity index (χ2n) is 5.14. The van der Waals surface area contributed by atoms with Crippen molar-refractivity contribution in [3.63, 3.8) is 0 Å². The number of hydrogen-bond donors (Lipinski definition) is 1. The summed E-state index contributed by atoms with van der Waals surface area (Å²) in [6.45, 7) is 3.84. The maximum Gasteiger partial charge on any atom is 0.216 e. The molecule has 3 nitrogen and oxygen atoms in total. The molecule has 0 saturated carbocycles. The standard InChI is InChI=1S/C16H18ClNO2S/c1-12-3-7-15(8-4-12)13(2)18-21(19,20)11-14-5-9-16(17)10-6-14/h3-10,13,18H,11H2,1-2H3. The van der Waals surface area contributed by atoms with Gasteiger partial charge in [-0.15, -0.1) is 0 Å². The van der Waals surface area contributed by atoms with Crippen LogP contribution in [0.3, 0.4) is 0 Å². The zero-order valence-electron chi connectivity index (χ0n) is 12.0. The highest BCUT2D eigenvalue weighted by Gasteiger charge is 2.16. The first kappa shape index (κ1) is 16.0. The van der Waals surface area contributed by atoms with Gasteiger partial charge in [0.25, 0.3) is 0 Å². The van der Waals surface area contributed by atoms with E-state index >= 15 is 0 Å². The van der Waals surface area contributed by atoms with Crippen molar-refractivity contribution in [2.75, 3.05) is 0 Å². The van der Waals surface area contributed by atoms with E-state index in [0.717, 1.165) is 11.1 Å². The van der Waals surface area contributed by atoms with Crippen molar-refractivity contribution in [3.05, 3.63) is 70.2 Å². The van der Waals surface area contributed by atoms with E-state index in [1.165, 1.54) is 0 Å². The summed E-state index contributed by atoms with van der Waals surface area (Å²) in [7, 11) is -3.40. The Balaban J connectivity index is 2.06. The lowest BCUT2D eigenvalue weighted by Crippen LogP contribution is -2.28. The van der Waals surface area contributed by atoms with E-state index in [2.05, 4.69) is 4.72 Å². The number of rotatable bonds is 5. The summed E-state index contributed by atoms with van der Waals surface area (Å²) in [5, 5.41) is 0.595. The molecule has 2 aromatic rings. The highest BCUT2D eigenvalue weighted by molar-refractivity contribution is 7.88. The van der Waals surface area contributed by atoms with Crippen LogP contribution in [0.25, 0.3) is 0 Å². The van der Waals surface area contributed by atoms with Crippen molar-refractivity contribution in [2.45, 2.75) is 25.6 Å². The number of sulfonamides is 1. The average Bonchev–Trinajstić information content (AvgIpc) is 2.41. The maximum atomic E-state index is 12.2. The zero-order valence-corrected chi connectivity index (χ0v) is 13.6. The fourth-order valence-electron chi connectivity index (χ4n) is 2.03. The van der Waals surface area contributed by atoms with Crippen molar-refractivity contribution in [1.82, 2.24) is 4.72 Å². The topological polar surface area (TPSA) is 46.2 Å². The van der Waals surface area contributed by atoms with Gasteiger partial charge in [-0.3, -0.25) is 0 Å². The van der Waals surface area contributed by atoms with Crippen LogP contribution in [0, 0.1) is 6.92 Å². The number of benzene rings is 2. The summed E-state index contributed by atoms with van der Waals surface area (Å²) in [6.07, 6.45) is 0. The lowest BCUT2D eigenvalue weighted by Gasteiger charge is -2.15. The van der Waals surface area contributed by atoms with Crippen molar-refractivity contribution >= 4 is 21.6 Å². The van der Waals surface area contributed by atoms with E-state index in [4.69, 9.17) is 11.6 Å². The first-order chi connectivity index (χ1) is 9.85. The molecule has 0 bridgehead atoms. The molecule has 0 spiro atoms. The van der Waals surface area contributed by atoms with Crippen LogP contribution in [0.15, 0.2) is 48.5 Å². The molecule has 112 valence electrons. The Morgan fingerprint density at radius 1 is 1.05 bits per heavy atom. The van der Waals surface area contributed by atoms with Crippen molar-refractivity contribution in [1.29, 1.82) is 0 Å². The van der Waals surface area contributed by atoms with Gasteiger partial charge in [0, 0.05) is 11.1 Å². The van der Waals surface area contributed by atoms with Gasteiger partial charge in [-0.2, -0.15) is 0 Å². The molecule has 0 amide bonds. The molecule has 2 aromatic carbocycles. The van der Waals surface area contributed by atoms with E-state index < -0.39 is 10.0 Å². The minimum absolute atomic E-state index is 0.0552. The molecule has 0 aliphatic carbocycles. The minimum Gasteiger partial charge on any atom is -0.212 e. The number of hydrogen-bond acceptors (Lipinski definition) is 2. The summed E-state index contributed by atoms with van der Waals surface area (Å²) in [4.78, 5) is 0. The molecule has 0 aliphatic heterocycles. The van der Waals surface area contributed by atoms with Crippen LogP contribution in [0.2, 0.25) is 5.02 Å². The molecular weight excluding hydrogens is 306 g/mol. The second-order valence-corrected chi connectivity index (χ2v) is 7.33. The van der Waals surface area contributed by atoms with Crippen LogP contribution in [-0.4, -0.2) is 8.42 Å². The molecule has 0 fully saturated rings. The third-order valence-corrected chi connectivity index (χ3v) is 4.88. The smallest absolute Gasteiger partial charge is 0.212 e. The molecule has 5 heteroatoms.